The maximum absolute atomic E-state index is 4.63. The first-order valence-electron chi connectivity index (χ1n) is 5.71. The number of hydrogen-bond donors (Lipinski definition) is 1. The van der Waals surface area contributed by atoms with Crippen molar-refractivity contribution >= 4 is 11.0 Å². The molecule has 82 valence electrons. The average molecular weight is 214 g/mol. The smallest absolute Gasteiger partial charge is 0.107 e. The zero-order valence-electron chi connectivity index (χ0n) is 9.06. The summed E-state index contributed by atoms with van der Waals surface area (Å²) < 4.78 is 0. The van der Waals surface area contributed by atoms with E-state index in [0.717, 1.165) is 29.8 Å². The molecule has 1 fully saturated rings. The molecule has 0 saturated carbocycles. The maximum atomic E-state index is 4.63. The number of hydrogen-bond acceptors (Lipinski definition) is 4. The first-order valence-corrected chi connectivity index (χ1v) is 5.71. The summed E-state index contributed by atoms with van der Waals surface area (Å²) in [5.74, 6) is 0.505. The van der Waals surface area contributed by atoms with Gasteiger partial charge in [-0.3, -0.25) is 9.97 Å². The summed E-state index contributed by atoms with van der Waals surface area (Å²) in [6.45, 7) is 2.14. The Kier molecular flexibility index (Phi) is 2.50. The van der Waals surface area contributed by atoms with Crippen molar-refractivity contribution in [2.45, 2.75) is 18.8 Å². The van der Waals surface area contributed by atoms with E-state index in [1.807, 2.05) is 12.3 Å². The first-order chi connectivity index (χ1) is 7.93. The van der Waals surface area contributed by atoms with Crippen molar-refractivity contribution in [3.05, 3.63) is 30.4 Å². The summed E-state index contributed by atoms with van der Waals surface area (Å²) in [4.78, 5) is 13.1. The van der Waals surface area contributed by atoms with Gasteiger partial charge in [-0.2, -0.15) is 0 Å². The van der Waals surface area contributed by atoms with Crippen LogP contribution >= 0.6 is 0 Å². The molecule has 4 heteroatoms. The van der Waals surface area contributed by atoms with Crippen molar-refractivity contribution in [3.63, 3.8) is 0 Å². The molecule has 4 nitrogen and oxygen atoms in total. The minimum absolute atomic E-state index is 0.505. The van der Waals surface area contributed by atoms with Gasteiger partial charge >= 0.3 is 0 Å². The SMILES string of the molecule is c1cc2ncc(C3CCCNC3)nc2cn1. The molecule has 1 atom stereocenters. The van der Waals surface area contributed by atoms with Gasteiger partial charge in [0.1, 0.15) is 5.52 Å². The van der Waals surface area contributed by atoms with Crippen LogP contribution in [0, 0.1) is 0 Å². The molecule has 2 aromatic heterocycles. The highest BCUT2D eigenvalue weighted by molar-refractivity contribution is 5.72. The largest absolute Gasteiger partial charge is 0.316 e. The molecule has 1 unspecified atom stereocenters. The molecular weight excluding hydrogens is 200 g/mol. The highest BCUT2D eigenvalue weighted by Crippen LogP contribution is 2.21. The van der Waals surface area contributed by atoms with Crippen molar-refractivity contribution in [3.8, 4) is 0 Å². The Hall–Kier alpha value is -1.55. The zero-order valence-corrected chi connectivity index (χ0v) is 9.06. The van der Waals surface area contributed by atoms with E-state index < -0.39 is 0 Å². The van der Waals surface area contributed by atoms with Gasteiger partial charge < -0.3 is 5.32 Å². The fraction of sp³-hybridized carbons (Fsp3) is 0.417. The quantitative estimate of drug-likeness (QED) is 0.781. The second kappa shape index (κ2) is 4.14. The average Bonchev–Trinajstić information content (AvgIpc) is 2.39. The summed E-state index contributed by atoms with van der Waals surface area (Å²) in [5, 5.41) is 3.40. The number of rotatable bonds is 1. The van der Waals surface area contributed by atoms with Gasteiger partial charge in [0.25, 0.3) is 0 Å². The molecule has 3 rings (SSSR count). The molecule has 1 saturated heterocycles. The van der Waals surface area contributed by atoms with Gasteiger partial charge in [-0.05, 0) is 25.5 Å². The number of piperidine rings is 1. The van der Waals surface area contributed by atoms with E-state index in [-0.39, 0.29) is 0 Å². The molecule has 0 bridgehead atoms. The number of nitrogens with zero attached hydrogens (tertiary/aromatic N) is 3. The van der Waals surface area contributed by atoms with E-state index in [1.165, 1.54) is 12.8 Å². The summed E-state index contributed by atoms with van der Waals surface area (Å²) >= 11 is 0. The number of fused-ring (bicyclic) bond motifs is 1. The van der Waals surface area contributed by atoms with Crippen LogP contribution in [0.1, 0.15) is 24.5 Å². The van der Waals surface area contributed by atoms with Crippen molar-refractivity contribution < 1.29 is 0 Å². The lowest BCUT2D eigenvalue weighted by molar-refractivity contribution is 0.454. The van der Waals surface area contributed by atoms with Crippen molar-refractivity contribution in [2.24, 2.45) is 0 Å². The Bertz CT molecular complexity index is 491. The fourth-order valence-corrected chi connectivity index (χ4v) is 2.18. The van der Waals surface area contributed by atoms with E-state index >= 15 is 0 Å². The molecule has 1 aliphatic rings. The van der Waals surface area contributed by atoms with Crippen LogP contribution in [0.3, 0.4) is 0 Å². The lowest BCUT2D eigenvalue weighted by Gasteiger charge is -2.21. The first kappa shape index (κ1) is 9.66. The molecule has 2 aromatic rings. The minimum atomic E-state index is 0.505. The third-order valence-electron chi connectivity index (χ3n) is 3.08. The molecule has 0 amide bonds. The van der Waals surface area contributed by atoms with E-state index in [1.54, 1.807) is 12.4 Å². The third kappa shape index (κ3) is 1.76. The molecule has 0 aromatic carbocycles. The Morgan fingerprint density at radius 3 is 3.12 bits per heavy atom. The van der Waals surface area contributed by atoms with Crippen LogP contribution < -0.4 is 5.32 Å². The second-order valence-electron chi connectivity index (χ2n) is 4.20. The number of nitrogens with one attached hydrogen (secondary N) is 1. The topological polar surface area (TPSA) is 50.7 Å². The van der Waals surface area contributed by atoms with Crippen LogP contribution in [0.5, 0.6) is 0 Å². The Morgan fingerprint density at radius 2 is 2.25 bits per heavy atom. The van der Waals surface area contributed by atoms with Crippen molar-refractivity contribution in [2.75, 3.05) is 13.1 Å². The van der Waals surface area contributed by atoms with Crippen molar-refractivity contribution in [1.82, 2.24) is 20.3 Å². The molecular formula is C12H14N4. The second-order valence-corrected chi connectivity index (χ2v) is 4.20. The van der Waals surface area contributed by atoms with E-state index in [0.29, 0.717) is 5.92 Å². The van der Waals surface area contributed by atoms with Crippen LogP contribution in [0.25, 0.3) is 11.0 Å². The zero-order chi connectivity index (χ0) is 10.8. The van der Waals surface area contributed by atoms with Gasteiger partial charge in [-0.1, -0.05) is 0 Å². The summed E-state index contributed by atoms with van der Waals surface area (Å²) in [7, 11) is 0. The molecule has 16 heavy (non-hydrogen) atoms. The Balaban J connectivity index is 1.97. The van der Waals surface area contributed by atoms with E-state index in [9.17, 15) is 0 Å². The maximum Gasteiger partial charge on any atom is 0.107 e. The lowest BCUT2D eigenvalue weighted by atomic mass is 9.96. The third-order valence-corrected chi connectivity index (χ3v) is 3.08. The number of pyridine rings is 1. The predicted molar refractivity (Wildman–Crippen MR) is 62.2 cm³/mol. The van der Waals surface area contributed by atoms with Crippen LogP contribution in [0.4, 0.5) is 0 Å². The van der Waals surface area contributed by atoms with Crippen LogP contribution in [-0.4, -0.2) is 28.0 Å². The minimum Gasteiger partial charge on any atom is -0.316 e. The molecule has 3 heterocycles. The van der Waals surface area contributed by atoms with E-state index in [2.05, 4.69) is 20.3 Å². The van der Waals surface area contributed by atoms with Gasteiger partial charge in [0.15, 0.2) is 0 Å². The van der Waals surface area contributed by atoms with Crippen LogP contribution in [-0.2, 0) is 0 Å². The van der Waals surface area contributed by atoms with Gasteiger partial charge in [0, 0.05) is 24.9 Å². The normalized spacial score (nSPS) is 21.1. The number of aromatic nitrogens is 3. The predicted octanol–water partition coefficient (Wildman–Crippen LogP) is 1.49. The van der Waals surface area contributed by atoms with Gasteiger partial charge in [0.2, 0.25) is 0 Å². The highest BCUT2D eigenvalue weighted by Gasteiger charge is 2.16. The van der Waals surface area contributed by atoms with Gasteiger partial charge in [0.05, 0.1) is 17.4 Å². The lowest BCUT2D eigenvalue weighted by Crippen LogP contribution is -2.28. The standard InChI is InChI=1S/C12H14N4/c1-2-9(6-13-4-1)11-8-15-10-3-5-14-7-12(10)16-11/h3,5,7-9,13H,1-2,4,6H2. The fourth-order valence-electron chi connectivity index (χ4n) is 2.18. The van der Waals surface area contributed by atoms with Crippen LogP contribution in [0.2, 0.25) is 0 Å². The monoisotopic (exact) mass is 214 g/mol. The van der Waals surface area contributed by atoms with Crippen molar-refractivity contribution in [1.29, 1.82) is 0 Å². The molecule has 0 spiro atoms. The molecule has 0 aliphatic carbocycles. The Labute approximate surface area is 94.1 Å². The highest BCUT2D eigenvalue weighted by atomic mass is 14.9. The van der Waals surface area contributed by atoms with Gasteiger partial charge in [-0.15, -0.1) is 0 Å². The summed E-state index contributed by atoms with van der Waals surface area (Å²) in [5.41, 5.74) is 2.90. The molecule has 1 aliphatic heterocycles. The Morgan fingerprint density at radius 1 is 1.25 bits per heavy atom. The summed E-state index contributed by atoms with van der Waals surface area (Å²) in [6.07, 6.45) is 7.85. The summed E-state index contributed by atoms with van der Waals surface area (Å²) in [6, 6.07) is 1.89. The van der Waals surface area contributed by atoms with E-state index in [4.69, 9.17) is 0 Å². The molecule has 1 N–H and O–H groups in total. The molecule has 0 radical (unpaired) electrons. The van der Waals surface area contributed by atoms with Gasteiger partial charge in [-0.25, -0.2) is 4.98 Å². The van der Waals surface area contributed by atoms with Crippen LogP contribution in [0.15, 0.2) is 24.7 Å².